The first-order chi connectivity index (χ1) is 18.6. The van der Waals surface area contributed by atoms with Crippen LogP contribution in [0.15, 0.2) is 48.9 Å². The molecule has 39 heavy (non-hydrogen) atoms. The maximum atomic E-state index is 13.5. The second-order valence-corrected chi connectivity index (χ2v) is 9.44. The van der Waals surface area contributed by atoms with Crippen LogP contribution in [0.5, 0.6) is 0 Å². The Morgan fingerprint density at radius 2 is 1.72 bits per heavy atom. The summed E-state index contributed by atoms with van der Waals surface area (Å²) in [7, 11) is -1.45. The van der Waals surface area contributed by atoms with E-state index >= 15 is 0 Å². The van der Waals surface area contributed by atoms with Gasteiger partial charge >= 0.3 is 25.0 Å². The monoisotopic (exact) mass is 539 g/mol. The van der Waals surface area contributed by atoms with Crippen molar-refractivity contribution >= 4 is 36.8 Å². The van der Waals surface area contributed by atoms with Crippen molar-refractivity contribution in [2.24, 2.45) is 5.92 Å². The van der Waals surface area contributed by atoms with Crippen molar-refractivity contribution in [2.75, 3.05) is 19.6 Å². The average Bonchev–Trinajstić information content (AvgIpc) is 2.87. The van der Waals surface area contributed by atoms with Gasteiger partial charge in [0, 0.05) is 18.8 Å². The highest BCUT2D eigenvalue weighted by molar-refractivity contribution is 6.51. The quantitative estimate of drug-likeness (QED) is 0.324. The largest absolute Gasteiger partial charge is 0.622 e. The number of aromatic nitrogens is 2. The number of hydrogen-bond donors (Lipinski definition) is 3. The summed E-state index contributed by atoms with van der Waals surface area (Å²) in [6.45, 7) is 2.32. The van der Waals surface area contributed by atoms with Gasteiger partial charge in [0.15, 0.2) is 0 Å². The Hall–Kier alpha value is -4.33. The van der Waals surface area contributed by atoms with Gasteiger partial charge in [-0.25, -0.2) is 4.98 Å². The van der Waals surface area contributed by atoms with Crippen LogP contribution in [0.1, 0.15) is 36.3 Å². The second-order valence-electron chi connectivity index (χ2n) is 9.44. The molecular weight excluding hydrogens is 509 g/mol. The Morgan fingerprint density at radius 3 is 2.28 bits per heavy atom. The molecule has 1 saturated heterocycles. The molecule has 2 amide bonds. The van der Waals surface area contributed by atoms with E-state index in [4.69, 9.17) is 14.4 Å². The van der Waals surface area contributed by atoms with Crippen LogP contribution in [-0.2, 0) is 34.9 Å². The molecule has 1 aliphatic heterocycles. The zero-order chi connectivity index (χ0) is 28.4. The smallest absolute Gasteiger partial charge is 0.497 e. The van der Waals surface area contributed by atoms with E-state index in [0.29, 0.717) is 0 Å². The molecule has 13 nitrogen and oxygen atoms in total. The third kappa shape index (κ3) is 9.49. The number of carbonyl (C=O) groups excluding carboxylic acids is 4. The zero-order valence-electron chi connectivity index (χ0n) is 21.6. The minimum Gasteiger partial charge on any atom is -0.497 e. The number of carboxylic acid groups (broad SMARTS) is 1. The SMILES string of the molecule is CC(C)C[C@H](NC(=O)[C@H](Cc1ccccc1)NC(=O)c1cnccn1)B1OC(=O)CN(CC(=O)O)CC(=O)O1. The molecule has 0 saturated carbocycles. The van der Waals surface area contributed by atoms with Gasteiger partial charge in [0.05, 0.1) is 31.8 Å². The van der Waals surface area contributed by atoms with Crippen molar-refractivity contribution in [3.63, 3.8) is 0 Å². The van der Waals surface area contributed by atoms with Crippen LogP contribution < -0.4 is 10.6 Å². The Bertz CT molecular complexity index is 1150. The number of amides is 2. The van der Waals surface area contributed by atoms with Gasteiger partial charge in [0.25, 0.3) is 5.91 Å². The van der Waals surface area contributed by atoms with Gasteiger partial charge in [0.2, 0.25) is 5.91 Å². The number of nitrogens with one attached hydrogen (secondary N) is 2. The van der Waals surface area contributed by atoms with Gasteiger partial charge in [-0.3, -0.25) is 33.9 Å². The van der Waals surface area contributed by atoms with Crippen LogP contribution in [0.3, 0.4) is 0 Å². The highest BCUT2D eigenvalue weighted by Gasteiger charge is 2.42. The Balaban J connectivity index is 1.80. The molecular formula is C25H30BN5O8. The van der Waals surface area contributed by atoms with Crippen molar-refractivity contribution in [3.8, 4) is 0 Å². The molecule has 3 rings (SSSR count). The lowest BCUT2D eigenvalue weighted by Gasteiger charge is -2.30. The van der Waals surface area contributed by atoms with Crippen LogP contribution in [-0.4, -0.2) is 88.4 Å². The average molecular weight is 539 g/mol. The van der Waals surface area contributed by atoms with Crippen LogP contribution in [0.25, 0.3) is 0 Å². The van der Waals surface area contributed by atoms with E-state index in [1.807, 2.05) is 32.0 Å². The van der Waals surface area contributed by atoms with Gasteiger partial charge in [-0.2, -0.15) is 0 Å². The molecule has 1 aromatic carbocycles. The van der Waals surface area contributed by atoms with Crippen molar-refractivity contribution in [1.82, 2.24) is 25.5 Å². The highest BCUT2D eigenvalue weighted by atomic mass is 16.6. The molecule has 0 radical (unpaired) electrons. The van der Waals surface area contributed by atoms with Gasteiger partial charge in [-0.05, 0) is 17.9 Å². The Morgan fingerprint density at radius 1 is 1.05 bits per heavy atom. The first-order valence-electron chi connectivity index (χ1n) is 12.3. The maximum Gasteiger partial charge on any atom is 0.622 e. The number of nitrogens with zero attached hydrogens (tertiary/aromatic N) is 3. The molecule has 14 heteroatoms. The fourth-order valence-corrected chi connectivity index (χ4v) is 3.98. The van der Waals surface area contributed by atoms with Crippen molar-refractivity contribution in [1.29, 1.82) is 0 Å². The van der Waals surface area contributed by atoms with E-state index in [1.165, 1.54) is 18.6 Å². The molecule has 0 spiro atoms. The minimum absolute atomic E-state index is 0.0107. The fourth-order valence-electron chi connectivity index (χ4n) is 3.98. The molecule has 1 aliphatic rings. The normalized spacial score (nSPS) is 15.8. The van der Waals surface area contributed by atoms with Crippen molar-refractivity contribution in [3.05, 3.63) is 60.2 Å². The van der Waals surface area contributed by atoms with Gasteiger partial charge in [0.1, 0.15) is 11.7 Å². The van der Waals surface area contributed by atoms with Crippen LogP contribution >= 0.6 is 0 Å². The van der Waals surface area contributed by atoms with Crippen LogP contribution in [0.4, 0.5) is 0 Å². The molecule has 0 aliphatic carbocycles. The highest BCUT2D eigenvalue weighted by Crippen LogP contribution is 2.14. The lowest BCUT2D eigenvalue weighted by atomic mass is 9.73. The first-order valence-corrected chi connectivity index (χ1v) is 12.3. The molecule has 0 unspecified atom stereocenters. The molecule has 2 heterocycles. The molecule has 1 aromatic heterocycles. The molecule has 2 aromatic rings. The van der Waals surface area contributed by atoms with E-state index in [0.717, 1.165) is 10.5 Å². The molecule has 2 atom stereocenters. The summed E-state index contributed by atoms with van der Waals surface area (Å²) < 4.78 is 10.7. The van der Waals surface area contributed by atoms with Gasteiger partial charge < -0.3 is 25.0 Å². The summed E-state index contributed by atoms with van der Waals surface area (Å²) >= 11 is 0. The lowest BCUT2D eigenvalue weighted by Crippen LogP contribution is -2.58. The number of hydrogen-bond acceptors (Lipinski definition) is 10. The summed E-state index contributed by atoms with van der Waals surface area (Å²) in [6, 6.07) is 7.99. The summed E-state index contributed by atoms with van der Waals surface area (Å²) in [4.78, 5) is 71.2. The van der Waals surface area contributed by atoms with Gasteiger partial charge in [-0.15, -0.1) is 0 Å². The van der Waals surface area contributed by atoms with E-state index in [9.17, 15) is 24.0 Å². The van der Waals surface area contributed by atoms with Crippen molar-refractivity contribution in [2.45, 2.75) is 38.7 Å². The third-order valence-corrected chi connectivity index (χ3v) is 5.64. The molecule has 1 fully saturated rings. The number of carbonyl (C=O) groups is 5. The number of rotatable bonds is 11. The first kappa shape index (κ1) is 29.2. The standard InChI is InChI=1S/C25H30BN5O8/c1-16(2)10-20(26-38-22(34)14-31(13-21(32)33)15-23(35)39-26)30-24(36)18(11-17-6-4-3-5-7-17)29-25(37)19-12-27-8-9-28-19/h3-9,12,16,18,20H,10-11,13-15H2,1-2H3,(H,29,37)(H,30,36)(H,32,33)/t18-,20-/m0/s1. The predicted octanol–water partition coefficient (Wildman–Crippen LogP) is -0.137. The fraction of sp³-hybridized carbons (Fsp3) is 0.400. The molecule has 0 bridgehead atoms. The van der Waals surface area contributed by atoms with E-state index in [-0.39, 0.29) is 24.5 Å². The summed E-state index contributed by atoms with van der Waals surface area (Å²) in [6.07, 6.45) is 4.46. The van der Waals surface area contributed by atoms with E-state index in [2.05, 4.69) is 20.6 Å². The van der Waals surface area contributed by atoms with Crippen LogP contribution in [0, 0.1) is 5.92 Å². The second kappa shape index (κ2) is 14.0. The topological polar surface area (TPSA) is 177 Å². The summed E-state index contributed by atoms with van der Waals surface area (Å²) in [5.41, 5.74) is 0.802. The predicted molar refractivity (Wildman–Crippen MR) is 137 cm³/mol. The number of benzene rings is 1. The Kier molecular flexibility index (Phi) is 10.5. The molecule has 206 valence electrons. The van der Waals surface area contributed by atoms with Crippen LogP contribution in [0.2, 0.25) is 0 Å². The number of carboxylic acids is 1. The summed E-state index contributed by atoms with van der Waals surface area (Å²) in [5, 5.41) is 14.5. The minimum atomic E-state index is -1.45. The Labute approximate surface area is 225 Å². The van der Waals surface area contributed by atoms with Crippen molar-refractivity contribution < 1.29 is 38.4 Å². The number of aliphatic carboxylic acids is 1. The van der Waals surface area contributed by atoms with E-state index in [1.54, 1.807) is 12.1 Å². The summed E-state index contributed by atoms with van der Waals surface area (Å²) in [5.74, 6) is -5.00. The lowest BCUT2D eigenvalue weighted by molar-refractivity contribution is -0.149. The maximum absolute atomic E-state index is 13.5. The third-order valence-electron chi connectivity index (χ3n) is 5.64. The van der Waals surface area contributed by atoms with E-state index < -0.39 is 68.5 Å². The molecule has 3 N–H and O–H groups in total. The van der Waals surface area contributed by atoms with Gasteiger partial charge in [-0.1, -0.05) is 44.2 Å². The zero-order valence-corrected chi connectivity index (χ0v) is 21.6.